The average Bonchev–Trinajstić information content (AvgIpc) is 3.16. The number of ether oxygens (including phenoxy) is 2. The predicted octanol–water partition coefficient (Wildman–Crippen LogP) is 4.45. The van der Waals surface area contributed by atoms with E-state index in [0.29, 0.717) is 25.2 Å². The first-order valence-corrected chi connectivity index (χ1v) is 11.7. The van der Waals surface area contributed by atoms with Gasteiger partial charge in [-0.2, -0.15) is 5.10 Å². The largest absolute Gasteiger partial charge is 0.381 e. The Kier molecular flexibility index (Phi) is 11.6. The van der Waals surface area contributed by atoms with Gasteiger partial charge in [0.05, 0.1) is 24.9 Å². The number of halogens is 1. The SMILES string of the molecule is CCNC(=NCc1ccc(COC2CCOCC2)cc1)N(C)Cc1cn(C)nc1C(C)C.I. The number of guanidine groups is 1. The number of nitrogens with zero attached hydrogens (tertiary/aromatic N) is 4. The minimum absolute atomic E-state index is 0. The summed E-state index contributed by atoms with van der Waals surface area (Å²) >= 11 is 0. The van der Waals surface area contributed by atoms with Gasteiger partial charge < -0.3 is 19.7 Å². The van der Waals surface area contributed by atoms with Gasteiger partial charge in [-0.05, 0) is 36.8 Å². The fourth-order valence-corrected chi connectivity index (χ4v) is 3.93. The Balaban J connectivity index is 0.00000385. The molecule has 0 atom stereocenters. The van der Waals surface area contributed by atoms with Crippen LogP contribution in [0.4, 0.5) is 0 Å². The van der Waals surface area contributed by atoms with Crippen molar-refractivity contribution < 1.29 is 9.47 Å². The van der Waals surface area contributed by atoms with Gasteiger partial charge >= 0.3 is 0 Å². The van der Waals surface area contributed by atoms with E-state index in [-0.39, 0.29) is 24.0 Å². The van der Waals surface area contributed by atoms with Gasteiger partial charge in [0.1, 0.15) is 0 Å². The highest BCUT2D eigenvalue weighted by Gasteiger charge is 2.16. The number of benzene rings is 1. The smallest absolute Gasteiger partial charge is 0.194 e. The van der Waals surface area contributed by atoms with Crippen LogP contribution >= 0.6 is 24.0 Å². The van der Waals surface area contributed by atoms with Crippen molar-refractivity contribution in [1.29, 1.82) is 0 Å². The van der Waals surface area contributed by atoms with Crippen molar-refractivity contribution in [2.24, 2.45) is 12.0 Å². The summed E-state index contributed by atoms with van der Waals surface area (Å²) in [5, 5.41) is 8.04. The second-order valence-corrected chi connectivity index (χ2v) is 8.83. The van der Waals surface area contributed by atoms with Crippen LogP contribution in [0.3, 0.4) is 0 Å². The standard InChI is InChI=1S/C25H39N5O2.HI/c1-6-26-25(29(4)16-22-17-30(5)28-24(22)19(2)3)27-15-20-7-9-21(10-8-20)18-32-23-11-13-31-14-12-23;/h7-10,17,19,23H,6,11-16,18H2,1-5H3,(H,26,27);1H. The summed E-state index contributed by atoms with van der Waals surface area (Å²) in [6.45, 7) is 11.0. The van der Waals surface area contributed by atoms with Gasteiger partial charge in [-0.25, -0.2) is 4.99 Å². The minimum atomic E-state index is 0. The molecule has 1 aromatic heterocycles. The van der Waals surface area contributed by atoms with E-state index in [9.17, 15) is 0 Å². The zero-order chi connectivity index (χ0) is 22.9. The van der Waals surface area contributed by atoms with E-state index in [4.69, 9.17) is 14.5 Å². The van der Waals surface area contributed by atoms with Gasteiger partial charge in [-0.15, -0.1) is 24.0 Å². The highest BCUT2D eigenvalue weighted by Crippen LogP contribution is 2.19. The Hall–Kier alpha value is -1.65. The molecule has 0 aliphatic carbocycles. The summed E-state index contributed by atoms with van der Waals surface area (Å²) in [5.74, 6) is 1.30. The van der Waals surface area contributed by atoms with Crippen molar-refractivity contribution in [3.63, 3.8) is 0 Å². The summed E-state index contributed by atoms with van der Waals surface area (Å²) in [4.78, 5) is 7.04. The van der Waals surface area contributed by atoms with Crippen LogP contribution < -0.4 is 5.32 Å². The second kappa shape index (κ2) is 13.9. The van der Waals surface area contributed by atoms with E-state index >= 15 is 0 Å². The van der Waals surface area contributed by atoms with Gasteiger partial charge in [0.25, 0.3) is 0 Å². The summed E-state index contributed by atoms with van der Waals surface area (Å²) in [6.07, 6.45) is 4.41. The van der Waals surface area contributed by atoms with E-state index in [2.05, 4.69) is 73.6 Å². The molecule has 184 valence electrons. The third-order valence-corrected chi connectivity index (χ3v) is 5.68. The van der Waals surface area contributed by atoms with Crippen molar-refractivity contribution in [2.45, 2.75) is 65.3 Å². The van der Waals surface area contributed by atoms with E-state index < -0.39 is 0 Å². The lowest BCUT2D eigenvalue weighted by Crippen LogP contribution is -2.38. The number of hydrogen-bond acceptors (Lipinski definition) is 4. The molecule has 0 bridgehead atoms. The van der Waals surface area contributed by atoms with Crippen molar-refractivity contribution in [3.05, 3.63) is 52.8 Å². The van der Waals surface area contributed by atoms with E-state index in [1.165, 1.54) is 16.7 Å². The van der Waals surface area contributed by atoms with Gasteiger partial charge in [0.15, 0.2) is 5.96 Å². The van der Waals surface area contributed by atoms with Crippen molar-refractivity contribution >= 4 is 29.9 Å². The molecule has 1 fully saturated rings. The first-order valence-electron chi connectivity index (χ1n) is 11.7. The second-order valence-electron chi connectivity index (χ2n) is 8.83. The molecule has 0 spiro atoms. The van der Waals surface area contributed by atoms with Crippen LogP contribution in [0.2, 0.25) is 0 Å². The molecule has 1 aliphatic heterocycles. The van der Waals surface area contributed by atoms with Gasteiger partial charge in [-0.3, -0.25) is 4.68 Å². The zero-order valence-corrected chi connectivity index (χ0v) is 23.0. The molecule has 2 heterocycles. The summed E-state index contributed by atoms with van der Waals surface area (Å²) in [6, 6.07) is 8.58. The highest BCUT2D eigenvalue weighted by atomic mass is 127. The topological polar surface area (TPSA) is 63.9 Å². The molecule has 1 aliphatic rings. The first kappa shape index (κ1) is 27.6. The predicted molar refractivity (Wildman–Crippen MR) is 144 cm³/mol. The third kappa shape index (κ3) is 8.57. The summed E-state index contributed by atoms with van der Waals surface area (Å²) < 4.78 is 13.3. The average molecular weight is 570 g/mol. The fourth-order valence-electron chi connectivity index (χ4n) is 3.93. The number of aromatic nitrogens is 2. The summed E-state index contributed by atoms with van der Waals surface area (Å²) in [5.41, 5.74) is 4.78. The van der Waals surface area contributed by atoms with E-state index in [1.54, 1.807) is 0 Å². The Labute approximate surface area is 216 Å². The molecule has 0 saturated carbocycles. The van der Waals surface area contributed by atoms with Gasteiger partial charge in [-0.1, -0.05) is 38.1 Å². The van der Waals surface area contributed by atoms with Gasteiger partial charge in [0, 0.05) is 52.2 Å². The van der Waals surface area contributed by atoms with Crippen LogP contribution in [0, 0.1) is 0 Å². The third-order valence-electron chi connectivity index (χ3n) is 5.68. The lowest BCUT2D eigenvalue weighted by molar-refractivity contribution is -0.0390. The fraction of sp³-hybridized carbons (Fsp3) is 0.600. The van der Waals surface area contributed by atoms with Crippen LogP contribution in [-0.4, -0.2) is 53.6 Å². The van der Waals surface area contributed by atoms with Crippen LogP contribution in [-0.2, 0) is 36.2 Å². The molecule has 8 heteroatoms. The lowest BCUT2D eigenvalue weighted by Gasteiger charge is -2.22. The molecule has 7 nitrogen and oxygen atoms in total. The lowest BCUT2D eigenvalue weighted by atomic mass is 10.1. The summed E-state index contributed by atoms with van der Waals surface area (Å²) in [7, 11) is 4.06. The molecule has 0 amide bonds. The molecule has 3 rings (SSSR count). The molecule has 1 aromatic carbocycles. The van der Waals surface area contributed by atoms with Crippen LogP contribution in [0.15, 0.2) is 35.5 Å². The number of hydrogen-bond donors (Lipinski definition) is 1. The Morgan fingerprint density at radius 2 is 1.91 bits per heavy atom. The van der Waals surface area contributed by atoms with E-state index in [1.807, 2.05) is 11.7 Å². The number of aliphatic imine (C=N–C) groups is 1. The zero-order valence-electron chi connectivity index (χ0n) is 20.7. The molecule has 33 heavy (non-hydrogen) atoms. The quantitative estimate of drug-likeness (QED) is 0.275. The number of nitrogens with one attached hydrogen (secondary N) is 1. The van der Waals surface area contributed by atoms with Crippen LogP contribution in [0.1, 0.15) is 61.9 Å². The molecule has 0 unspecified atom stereocenters. The number of aryl methyl sites for hydroxylation is 1. The van der Waals surface area contributed by atoms with Crippen LogP contribution in [0.5, 0.6) is 0 Å². The van der Waals surface area contributed by atoms with Crippen molar-refractivity contribution in [2.75, 3.05) is 26.8 Å². The van der Waals surface area contributed by atoms with Gasteiger partial charge in [0.2, 0.25) is 0 Å². The molecule has 2 aromatic rings. The Morgan fingerprint density at radius 3 is 2.55 bits per heavy atom. The Morgan fingerprint density at radius 1 is 1.24 bits per heavy atom. The maximum absolute atomic E-state index is 6.02. The molecule has 1 N–H and O–H groups in total. The van der Waals surface area contributed by atoms with E-state index in [0.717, 1.165) is 50.8 Å². The molecular weight excluding hydrogens is 529 g/mol. The molecule has 0 radical (unpaired) electrons. The first-order chi connectivity index (χ1) is 15.5. The monoisotopic (exact) mass is 569 g/mol. The maximum atomic E-state index is 6.02. The number of rotatable bonds is 9. The van der Waals surface area contributed by atoms with Crippen LogP contribution in [0.25, 0.3) is 0 Å². The van der Waals surface area contributed by atoms with Crippen molar-refractivity contribution in [1.82, 2.24) is 20.0 Å². The maximum Gasteiger partial charge on any atom is 0.194 e. The highest BCUT2D eigenvalue weighted by molar-refractivity contribution is 14.0. The normalized spacial score (nSPS) is 14.9. The molecular formula is C25H40IN5O2. The molecule has 1 saturated heterocycles. The van der Waals surface area contributed by atoms with Crippen molar-refractivity contribution in [3.8, 4) is 0 Å². The Bertz CT molecular complexity index is 860. The minimum Gasteiger partial charge on any atom is -0.381 e.